The van der Waals surface area contributed by atoms with E-state index >= 15 is 0 Å². The number of hydrogen-bond acceptors (Lipinski definition) is 3. The van der Waals surface area contributed by atoms with Gasteiger partial charge in [0.1, 0.15) is 0 Å². The number of nitrogens with zero attached hydrogens (tertiary/aromatic N) is 1. The predicted octanol–water partition coefficient (Wildman–Crippen LogP) is -0.189. The summed E-state index contributed by atoms with van der Waals surface area (Å²) >= 11 is 0. The van der Waals surface area contributed by atoms with Gasteiger partial charge in [-0.25, -0.2) is 12.7 Å². The second-order valence-electron chi connectivity index (χ2n) is 3.63. The van der Waals surface area contributed by atoms with E-state index in [4.69, 9.17) is 4.74 Å². The first kappa shape index (κ1) is 8.47. The van der Waals surface area contributed by atoms with Gasteiger partial charge in [0.05, 0.1) is 18.5 Å². The zero-order chi connectivity index (χ0) is 8.82. The zero-order valence-corrected chi connectivity index (χ0v) is 7.93. The van der Waals surface area contributed by atoms with Crippen molar-refractivity contribution in [2.45, 2.75) is 18.4 Å². The monoisotopic (exact) mass is 191 g/mol. The minimum Gasteiger partial charge on any atom is -0.369 e. The van der Waals surface area contributed by atoms with Crippen molar-refractivity contribution in [1.82, 2.24) is 4.31 Å². The number of sulfonamides is 1. The Balaban J connectivity index is 1.99. The summed E-state index contributed by atoms with van der Waals surface area (Å²) in [5.74, 6) is 0. The molecule has 0 amide bonds. The Labute approximate surface area is 72.6 Å². The van der Waals surface area contributed by atoms with Gasteiger partial charge in [-0.15, -0.1) is 0 Å². The Bertz CT molecular complexity index is 271. The van der Waals surface area contributed by atoms with Crippen molar-refractivity contribution in [2.24, 2.45) is 0 Å². The maximum absolute atomic E-state index is 11.1. The van der Waals surface area contributed by atoms with Crippen molar-refractivity contribution in [3.05, 3.63) is 0 Å². The summed E-state index contributed by atoms with van der Waals surface area (Å²) in [5, 5.41) is 0. The molecule has 2 heterocycles. The normalized spacial score (nSPS) is 29.1. The molecule has 2 fully saturated rings. The molecule has 0 atom stereocenters. The van der Waals surface area contributed by atoms with E-state index in [0.717, 1.165) is 19.4 Å². The second-order valence-corrected chi connectivity index (χ2v) is 5.62. The summed E-state index contributed by atoms with van der Waals surface area (Å²) in [6.07, 6.45) is 2.99. The number of piperidine rings is 1. The number of ether oxygens (including phenoxy) is 1. The molecule has 0 bridgehead atoms. The molecule has 1 spiro atoms. The largest absolute Gasteiger partial charge is 0.369 e. The molecule has 0 aromatic rings. The van der Waals surface area contributed by atoms with E-state index in [9.17, 15) is 8.42 Å². The van der Waals surface area contributed by atoms with Crippen LogP contribution < -0.4 is 0 Å². The SMILES string of the molecule is CS(=O)(=O)N1CCC2(CC1)CO2. The first-order chi connectivity index (χ1) is 5.52. The highest BCUT2D eigenvalue weighted by molar-refractivity contribution is 7.88. The van der Waals surface area contributed by atoms with Crippen LogP contribution >= 0.6 is 0 Å². The molecular formula is C7H13NO3S. The Kier molecular flexibility index (Phi) is 1.72. The minimum absolute atomic E-state index is 0.0706. The maximum atomic E-state index is 11.1. The molecule has 2 aliphatic heterocycles. The van der Waals surface area contributed by atoms with Crippen LogP contribution in [0.1, 0.15) is 12.8 Å². The van der Waals surface area contributed by atoms with Crippen LogP contribution in [-0.2, 0) is 14.8 Å². The van der Waals surface area contributed by atoms with E-state index in [2.05, 4.69) is 0 Å². The van der Waals surface area contributed by atoms with Gasteiger partial charge in [0.25, 0.3) is 0 Å². The number of hydrogen-bond donors (Lipinski definition) is 0. The molecule has 2 rings (SSSR count). The van der Waals surface area contributed by atoms with Crippen molar-refractivity contribution in [2.75, 3.05) is 26.0 Å². The molecular weight excluding hydrogens is 178 g/mol. The quantitative estimate of drug-likeness (QED) is 0.540. The molecule has 0 aromatic heterocycles. The third-order valence-electron chi connectivity index (χ3n) is 2.66. The molecule has 2 saturated heterocycles. The number of rotatable bonds is 1. The van der Waals surface area contributed by atoms with Crippen LogP contribution in [-0.4, -0.2) is 44.3 Å². The summed E-state index contributed by atoms with van der Waals surface area (Å²) in [6, 6.07) is 0. The Morgan fingerprint density at radius 2 is 1.83 bits per heavy atom. The standard InChI is InChI=1S/C7H13NO3S/c1-12(9,10)8-4-2-7(3-5-8)6-11-7/h2-6H2,1H3. The van der Waals surface area contributed by atoms with Gasteiger partial charge >= 0.3 is 0 Å². The first-order valence-corrected chi connectivity index (χ1v) is 5.96. The fourth-order valence-corrected chi connectivity index (χ4v) is 2.46. The van der Waals surface area contributed by atoms with Gasteiger partial charge < -0.3 is 4.74 Å². The van der Waals surface area contributed by atoms with Gasteiger partial charge in [0, 0.05) is 13.1 Å². The third kappa shape index (κ3) is 1.48. The zero-order valence-electron chi connectivity index (χ0n) is 7.12. The molecule has 70 valence electrons. The van der Waals surface area contributed by atoms with Crippen LogP contribution in [0.3, 0.4) is 0 Å². The molecule has 0 saturated carbocycles. The lowest BCUT2D eigenvalue weighted by molar-refractivity contribution is 0.202. The van der Waals surface area contributed by atoms with Crippen molar-refractivity contribution >= 4 is 10.0 Å². The van der Waals surface area contributed by atoms with E-state index in [-0.39, 0.29) is 5.60 Å². The van der Waals surface area contributed by atoms with Gasteiger partial charge in [-0.05, 0) is 12.8 Å². The van der Waals surface area contributed by atoms with Gasteiger partial charge in [0.15, 0.2) is 0 Å². The molecule has 0 unspecified atom stereocenters. The smallest absolute Gasteiger partial charge is 0.211 e. The predicted molar refractivity (Wildman–Crippen MR) is 44.3 cm³/mol. The highest BCUT2D eigenvalue weighted by atomic mass is 32.2. The van der Waals surface area contributed by atoms with Crippen LogP contribution in [0, 0.1) is 0 Å². The fourth-order valence-electron chi connectivity index (χ4n) is 1.62. The average molecular weight is 191 g/mol. The molecule has 5 heteroatoms. The molecule has 0 N–H and O–H groups in total. The van der Waals surface area contributed by atoms with Gasteiger partial charge in [-0.2, -0.15) is 0 Å². The van der Waals surface area contributed by atoms with Crippen LogP contribution in [0.15, 0.2) is 0 Å². The third-order valence-corrected chi connectivity index (χ3v) is 3.96. The summed E-state index contributed by atoms with van der Waals surface area (Å²) in [4.78, 5) is 0. The van der Waals surface area contributed by atoms with E-state index in [1.165, 1.54) is 10.6 Å². The van der Waals surface area contributed by atoms with E-state index in [1.54, 1.807) is 0 Å². The van der Waals surface area contributed by atoms with E-state index in [1.807, 2.05) is 0 Å². The van der Waals surface area contributed by atoms with Crippen molar-refractivity contribution in [3.63, 3.8) is 0 Å². The van der Waals surface area contributed by atoms with Crippen molar-refractivity contribution in [3.8, 4) is 0 Å². The molecule has 12 heavy (non-hydrogen) atoms. The molecule has 4 nitrogen and oxygen atoms in total. The van der Waals surface area contributed by atoms with Crippen LogP contribution in [0.2, 0.25) is 0 Å². The Morgan fingerprint density at radius 3 is 2.17 bits per heavy atom. The second kappa shape index (κ2) is 2.43. The average Bonchev–Trinajstić information content (AvgIpc) is 2.68. The lowest BCUT2D eigenvalue weighted by atomic mass is 10.00. The van der Waals surface area contributed by atoms with Crippen molar-refractivity contribution in [1.29, 1.82) is 0 Å². The summed E-state index contributed by atoms with van der Waals surface area (Å²) in [5.41, 5.74) is 0.0706. The fraction of sp³-hybridized carbons (Fsp3) is 1.00. The maximum Gasteiger partial charge on any atom is 0.211 e. The number of epoxide rings is 1. The van der Waals surface area contributed by atoms with Crippen LogP contribution in [0.4, 0.5) is 0 Å². The molecule has 0 radical (unpaired) electrons. The van der Waals surface area contributed by atoms with Gasteiger partial charge in [-0.3, -0.25) is 0 Å². The Morgan fingerprint density at radius 1 is 1.33 bits per heavy atom. The highest BCUT2D eigenvalue weighted by Crippen LogP contribution is 2.38. The summed E-state index contributed by atoms with van der Waals surface area (Å²) in [7, 11) is -2.97. The molecule has 0 aliphatic carbocycles. The molecule has 2 aliphatic rings. The minimum atomic E-state index is -2.97. The van der Waals surface area contributed by atoms with Gasteiger partial charge in [0.2, 0.25) is 10.0 Å². The lowest BCUT2D eigenvalue weighted by Crippen LogP contribution is -2.40. The summed E-state index contributed by atoms with van der Waals surface area (Å²) < 4.78 is 29.0. The Hall–Kier alpha value is -0.130. The van der Waals surface area contributed by atoms with E-state index in [0.29, 0.717) is 13.1 Å². The van der Waals surface area contributed by atoms with Crippen molar-refractivity contribution < 1.29 is 13.2 Å². The highest BCUT2D eigenvalue weighted by Gasteiger charge is 2.47. The topological polar surface area (TPSA) is 49.9 Å². The van der Waals surface area contributed by atoms with Gasteiger partial charge in [-0.1, -0.05) is 0 Å². The summed E-state index contributed by atoms with van der Waals surface area (Å²) in [6.45, 7) is 2.07. The van der Waals surface area contributed by atoms with Crippen LogP contribution in [0.5, 0.6) is 0 Å². The van der Waals surface area contributed by atoms with E-state index < -0.39 is 10.0 Å². The first-order valence-electron chi connectivity index (χ1n) is 4.11. The lowest BCUT2D eigenvalue weighted by Gasteiger charge is -2.28. The van der Waals surface area contributed by atoms with Crippen LogP contribution in [0.25, 0.3) is 0 Å². The molecule has 0 aromatic carbocycles.